The van der Waals surface area contributed by atoms with Gasteiger partial charge in [-0.3, -0.25) is 0 Å². The summed E-state index contributed by atoms with van der Waals surface area (Å²) >= 11 is 0. The third-order valence-electron chi connectivity index (χ3n) is 2.98. The Kier molecular flexibility index (Phi) is 3.50. The number of nitrogen functional groups attached to an aromatic ring is 1. The molecule has 0 atom stereocenters. The zero-order valence-corrected chi connectivity index (χ0v) is 11.8. The fourth-order valence-electron chi connectivity index (χ4n) is 1.99. The summed E-state index contributed by atoms with van der Waals surface area (Å²) < 4.78 is 5.45. The zero-order valence-electron chi connectivity index (χ0n) is 11.8. The van der Waals surface area contributed by atoms with Gasteiger partial charge in [-0.2, -0.15) is 15.2 Å². The van der Waals surface area contributed by atoms with Crippen LogP contribution in [0.1, 0.15) is 12.5 Å². The predicted octanol–water partition coefficient (Wildman–Crippen LogP) is 1.94. The van der Waals surface area contributed by atoms with Gasteiger partial charge in [-0.05, 0) is 19.1 Å². The number of nitrogens with two attached hydrogens (primary N) is 1. The summed E-state index contributed by atoms with van der Waals surface area (Å²) in [5.41, 5.74) is 8.55. The maximum atomic E-state index is 8.84. The van der Waals surface area contributed by atoms with Gasteiger partial charge in [0.2, 0.25) is 11.8 Å². The van der Waals surface area contributed by atoms with E-state index in [0.29, 0.717) is 34.9 Å². The normalized spacial score (nSPS) is 10.4. The summed E-state index contributed by atoms with van der Waals surface area (Å²) in [6, 6.07) is 9.15. The fourth-order valence-corrected chi connectivity index (χ4v) is 1.99. The van der Waals surface area contributed by atoms with E-state index >= 15 is 0 Å². The molecule has 7 heteroatoms. The fraction of sp³-hybridized carbons (Fsp3) is 0.133. The third-order valence-corrected chi connectivity index (χ3v) is 2.98. The van der Waals surface area contributed by atoms with Crippen LogP contribution in [0.15, 0.2) is 30.5 Å². The highest BCUT2D eigenvalue weighted by Gasteiger charge is 2.12. The minimum absolute atomic E-state index is 0.0939. The second-order valence-electron chi connectivity index (χ2n) is 4.44. The molecule has 0 aliphatic carbocycles. The molecule has 0 saturated carbocycles. The summed E-state index contributed by atoms with van der Waals surface area (Å²) in [7, 11) is 0. The van der Waals surface area contributed by atoms with Crippen LogP contribution in [0, 0.1) is 11.3 Å². The molecule has 0 fully saturated rings. The molecular formula is C15H12N6O. The lowest BCUT2D eigenvalue weighted by Gasteiger charge is -2.07. The van der Waals surface area contributed by atoms with Gasteiger partial charge in [0.1, 0.15) is 0 Å². The number of fused-ring (bicyclic) bond motifs is 1. The molecule has 2 aromatic heterocycles. The van der Waals surface area contributed by atoms with Crippen molar-refractivity contribution in [3.63, 3.8) is 0 Å². The number of hydrogen-bond acceptors (Lipinski definition) is 7. The molecule has 0 unspecified atom stereocenters. The summed E-state index contributed by atoms with van der Waals surface area (Å²) in [6.07, 6.45) is 1.60. The maximum absolute atomic E-state index is 8.84. The summed E-state index contributed by atoms with van der Waals surface area (Å²) in [6.45, 7) is 2.29. The van der Waals surface area contributed by atoms with Crippen LogP contribution in [0.5, 0.6) is 5.88 Å². The molecule has 2 N–H and O–H groups in total. The van der Waals surface area contributed by atoms with Crippen molar-refractivity contribution in [3.05, 3.63) is 36.0 Å². The summed E-state index contributed by atoms with van der Waals surface area (Å²) in [4.78, 5) is 16.9. The van der Waals surface area contributed by atoms with Gasteiger partial charge >= 0.3 is 0 Å². The van der Waals surface area contributed by atoms with Crippen molar-refractivity contribution in [2.24, 2.45) is 0 Å². The van der Waals surface area contributed by atoms with E-state index in [2.05, 4.69) is 26.0 Å². The van der Waals surface area contributed by atoms with Crippen LogP contribution in [-0.2, 0) is 0 Å². The average Bonchev–Trinajstić information content (AvgIpc) is 2.55. The van der Waals surface area contributed by atoms with E-state index in [9.17, 15) is 0 Å². The van der Waals surface area contributed by atoms with Crippen molar-refractivity contribution in [2.45, 2.75) is 6.92 Å². The van der Waals surface area contributed by atoms with Gasteiger partial charge < -0.3 is 10.5 Å². The lowest BCUT2D eigenvalue weighted by molar-refractivity contribution is 0.330. The Hall–Kier alpha value is -3.27. The number of ether oxygens (including phenoxy) is 1. The second kappa shape index (κ2) is 5.61. The first-order valence-corrected chi connectivity index (χ1v) is 6.65. The molecule has 0 radical (unpaired) electrons. The SMILES string of the molecule is CCOc1nc(N)nc2ncc(-c3ccc(C#N)cc3)nc12. The predicted molar refractivity (Wildman–Crippen MR) is 80.9 cm³/mol. The van der Waals surface area contributed by atoms with Crippen LogP contribution in [0.2, 0.25) is 0 Å². The van der Waals surface area contributed by atoms with Crippen LogP contribution < -0.4 is 10.5 Å². The number of anilines is 1. The van der Waals surface area contributed by atoms with Crippen molar-refractivity contribution in [2.75, 3.05) is 12.3 Å². The number of nitriles is 1. The number of benzene rings is 1. The Bertz CT molecular complexity index is 870. The Morgan fingerprint density at radius 1 is 1.18 bits per heavy atom. The smallest absolute Gasteiger partial charge is 0.247 e. The first-order chi connectivity index (χ1) is 10.7. The molecule has 1 aromatic carbocycles. The van der Waals surface area contributed by atoms with E-state index in [4.69, 9.17) is 15.7 Å². The molecule has 2 heterocycles. The molecule has 0 spiro atoms. The molecule has 0 aliphatic rings. The van der Waals surface area contributed by atoms with Crippen molar-refractivity contribution >= 4 is 17.1 Å². The van der Waals surface area contributed by atoms with Gasteiger partial charge in [0.05, 0.1) is 30.1 Å². The molecule has 0 aliphatic heterocycles. The second-order valence-corrected chi connectivity index (χ2v) is 4.44. The number of aromatic nitrogens is 4. The molecule has 3 rings (SSSR count). The first kappa shape index (κ1) is 13.7. The van der Waals surface area contributed by atoms with Gasteiger partial charge in [0, 0.05) is 5.56 Å². The molecule has 108 valence electrons. The summed E-state index contributed by atoms with van der Waals surface area (Å²) in [5, 5.41) is 8.84. The molecule has 0 amide bonds. The monoisotopic (exact) mass is 292 g/mol. The highest BCUT2D eigenvalue weighted by molar-refractivity contribution is 5.79. The minimum Gasteiger partial charge on any atom is -0.476 e. The van der Waals surface area contributed by atoms with Gasteiger partial charge in [-0.25, -0.2) is 9.97 Å². The summed E-state index contributed by atoms with van der Waals surface area (Å²) in [5.74, 6) is 0.407. The number of hydrogen-bond donors (Lipinski definition) is 1. The molecule has 0 bridgehead atoms. The standard InChI is InChI=1S/C15H12N6O/c1-2-22-14-12-13(20-15(17)21-14)18-8-11(19-12)10-5-3-9(7-16)4-6-10/h3-6,8H,2H2,1H3,(H2,17,18,20,21). The Morgan fingerprint density at radius 2 is 1.95 bits per heavy atom. The maximum Gasteiger partial charge on any atom is 0.247 e. The van der Waals surface area contributed by atoms with Crippen LogP contribution >= 0.6 is 0 Å². The van der Waals surface area contributed by atoms with Crippen LogP contribution in [0.4, 0.5) is 5.95 Å². The molecule has 3 aromatic rings. The first-order valence-electron chi connectivity index (χ1n) is 6.65. The highest BCUT2D eigenvalue weighted by atomic mass is 16.5. The van der Waals surface area contributed by atoms with Gasteiger partial charge in [0.15, 0.2) is 11.2 Å². The van der Waals surface area contributed by atoms with E-state index in [-0.39, 0.29) is 5.95 Å². The Morgan fingerprint density at radius 3 is 2.64 bits per heavy atom. The Labute approximate surface area is 126 Å². The molecule has 22 heavy (non-hydrogen) atoms. The third kappa shape index (κ3) is 2.50. The van der Waals surface area contributed by atoms with Gasteiger partial charge in [-0.15, -0.1) is 0 Å². The van der Waals surface area contributed by atoms with E-state index in [1.54, 1.807) is 18.3 Å². The molecular weight excluding hydrogens is 280 g/mol. The van der Waals surface area contributed by atoms with Crippen LogP contribution in [0.3, 0.4) is 0 Å². The van der Waals surface area contributed by atoms with Crippen molar-refractivity contribution < 1.29 is 4.74 Å². The largest absolute Gasteiger partial charge is 0.476 e. The van der Waals surface area contributed by atoms with Crippen LogP contribution in [-0.4, -0.2) is 26.5 Å². The average molecular weight is 292 g/mol. The van der Waals surface area contributed by atoms with E-state index in [0.717, 1.165) is 5.56 Å². The number of nitrogens with zero attached hydrogens (tertiary/aromatic N) is 5. The number of rotatable bonds is 3. The topological polar surface area (TPSA) is 111 Å². The van der Waals surface area contributed by atoms with E-state index in [1.807, 2.05) is 19.1 Å². The van der Waals surface area contributed by atoms with Gasteiger partial charge in [0.25, 0.3) is 0 Å². The lowest BCUT2D eigenvalue weighted by atomic mass is 10.1. The minimum atomic E-state index is 0.0939. The van der Waals surface area contributed by atoms with Crippen molar-refractivity contribution in [1.82, 2.24) is 19.9 Å². The van der Waals surface area contributed by atoms with Crippen LogP contribution in [0.25, 0.3) is 22.4 Å². The molecule has 7 nitrogen and oxygen atoms in total. The van der Waals surface area contributed by atoms with E-state index in [1.165, 1.54) is 0 Å². The van der Waals surface area contributed by atoms with Crippen molar-refractivity contribution in [3.8, 4) is 23.2 Å². The van der Waals surface area contributed by atoms with E-state index < -0.39 is 0 Å². The zero-order chi connectivity index (χ0) is 15.5. The molecule has 0 saturated heterocycles. The quantitative estimate of drug-likeness (QED) is 0.785. The Balaban J connectivity index is 2.13. The highest BCUT2D eigenvalue weighted by Crippen LogP contribution is 2.24. The van der Waals surface area contributed by atoms with Crippen molar-refractivity contribution in [1.29, 1.82) is 5.26 Å². The lowest BCUT2D eigenvalue weighted by Crippen LogP contribution is -2.04. The van der Waals surface area contributed by atoms with Gasteiger partial charge in [-0.1, -0.05) is 12.1 Å².